The van der Waals surface area contributed by atoms with Crippen LogP contribution in [0.4, 0.5) is 4.39 Å². The first-order chi connectivity index (χ1) is 15.6. The van der Waals surface area contributed by atoms with Crippen molar-refractivity contribution in [2.24, 2.45) is 0 Å². The molecule has 2 atom stereocenters. The van der Waals surface area contributed by atoms with Crippen LogP contribution in [0.15, 0.2) is 65.6 Å². The molecule has 168 valence electrons. The van der Waals surface area contributed by atoms with E-state index in [1.165, 1.54) is 24.9 Å². The molecule has 1 aliphatic rings. The smallest absolute Gasteiger partial charge is 0.188 e. The average Bonchev–Trinajstić information content (AvgIpc) is 2.82. The van der Waals surface area contributed by atoms with Gasteiger partial charge >= 0.3 is 0 Å². The number of rotatable bonds is 8. The number of methoxy groups -OCH3 is 2. The second-order valence-electron chi connectivity index (χ2n) is 7.04. The lowest BCUT2D eigenvalue weighted by molar-refractivity contribution is 0.0476. The van der Waals surface area contributed by atoms with Crippen LogP contribution in [0.5, 0.6) is 23.0 Å². The van der Waals surface area contributed by atoms with E-state index in [2.05, 4.69) is 0 Å². The molecule has 32 heavy (non-hydrogen) atoms. The number of hydrogen-bond donors (Lipinski definition) is 1. The van der Waals surface area contributed by atoms with Crippen LogP contribution < -0.4 is 14.2 Å². The number of phenols is 1. The molecule has 1 heterocycles. The number of hydrogen-bond acceptors (Lipinski definition) is 7. The van der Waals surface area contributed by atoms with E-state index in [0.717, 1.165) is 11.1 Å². The first kappa shape index (κ1) is 22.3. The number of benzene rings is 3. The Morgan fingerprint density at radius 2 is 1.53 bits per heavy atom. The Hall–Kier alpha value is -2.94. The minimum Gasteiger partial charge on any atom is -0.508 e. The Morgan fingerprint density at radius 1 is 0.875 bits per heavy atom. The SMILES string of the molecule is COCOc1ccc(C2Sc3c(ccc(OCOC)c3F)OC2c2ccc(O)cc2)cc1. The van der Waals surface area contributed by atoms with Crippen LogP contribution in [0.3, 0.4) is 0 Å². The van der Waals surface area contributed by atoms with Gasteiger partial charge in [-0.05, 0) is 47.5 Å². The van der Waals surface area contributed by atoms with E-state index in [1.807, 2.05) is 24.3 Å². The maximum atomic E-state index is 15.2. The van der Waals surface area contributed by atoms with Crippen molar-refractivity contribution in [2.45, 2.75) is 16.2 Å². The zero-order valence-electron chi connectivity index (χ0n) is 17.6. The third kappa shape index (κ3) is 4.77. The van der Waals surface area contributed by atoms with Crippen LogP contribution in [-0.2, 0) is 9.47 Å². The van der Waals surface area contributed by atoms with Crippen molar-refractivity contribution in [2.75, 3.05) is 27.8 Å². The van der Waals surface area contributed by atoms with Crippen molar-refractivity contribution in [3.05, 3.63) is 77.6 Å². The first-order valence-electron chi connectivity index (χ1n) is 9.89. The van der Waals surface area contributed by atoms with E-state index >= 15 is 4.39 Å². The molecular formula is C24H23FO6S. The van der Waals surface area contributed by atoms with Gasteiger partial charge in [0, 0.05) is 14.2 Å². The van der Waals surface area contributed by atoms with Crippen molar-refractivity contribution in [3.8, 4) is 23.0 Å². The van der Waals surface area contributed by atoms with Crippen LogP contribution in [0.2, 0.25) is 0 Å². The first-order valence-corrected chi connectivity index (χ1v) is 10.8. The Morgan fingerprint density at radius 3 is 2.22 bits per heavy atom. The van der Waals surface area contributed by atoms with Crippen LogP contribution in [0.25, 0.3) is 0 Å². The molecule has 0 aromatic heterocycles. The standard InChI is InChI=1S/C24H23FO6S/c1-27-13-29-18-9-5-16(6-10-18)23-22(15-3-7-17(26)8-4-15)31-20-12-11-19(30-14-28-2)21(25)24(20)32-23/h3-12,22-23,26H,13-14H2,1-2H3. The van der Waals surface area contributed by atoms with Gasteiger partial charge < -0.3 is 28.8 Å². The molecule has 0 spiro atoms. The van der Waals surface area contributed by atoms with Gasteiger partial charge in [-0.3, -0.25) is 0 Å². The quantitative estimate of drug-likeness (QED) is 0.450. The summed E-state index contributed by atoms with van der Waals surface area (Å²) >= 11 is 1.37. The molecule has 1 N–H and O–H groups in total. The van der Waals surface area contributed by atoms with E-state index in [1.54, 1.807) is 37.4 Å². The van der Waals surface area contributed by atoms with Gasteiger partial charge in [0.2, 0.25) is 0 Å². The Labute approximate surface area is 189 Å². The number of aromatic hydroxyl groups is 1. The highest BCUT2D eigenvalue weighted by molar-refractivity contribution is 7.99. The van der Waals surface area contributed by atoms with Crippen LogP contribution in [0.1, 0.15) is 22.5 Å². The Balaban J connectivity index is 1.70. The van der Waals surface area contributed by atoms with Gasteiger partial charge in [-0.2, -0.15) is 0 Å². The molecular weight excluding hydrogens is 435 g/mol. The molecule has 0 radical (unpaired) electrons. The van der Waals surface area contributed by atoms with Crippen molar-refractivity contribution in [3.63, 3.8) is 0 Å². The summed E-state index contributed by atoms with van der Waals surface area (Å²) in [5.41, 5.74) is 1.80. The number of phenolic OH excluding ortho intramolecular Hbond substituents is 1. The monoisotopic (exact) mass is 458 g/mol. The highest BCUT2D eigenvalue weighted by Gasteiger charge is 2.36. The molecule has 0 aliphatic carbocycles. The van der Waals surface area contributed by atoms with Crippen LogP contribution in [0, 0.1) is 5.82 Å². The second kappa shape index (κ2) is 10.1. The Kier molecular flexibility index (Phi) is 7.04. The molecule has 1 aliphatic heterocycles. The van der Waals surface area contributed by atoms with Crippen molar-refractivity contribution < 1.29 is 33.2 Å². The third-order valence-corrected chi connectivity index (χ3v) is 6.29. The fourth-order valence-corrected chi connectivity index (χ4v) is 4.69. The summed E-state index contributed by atoms with van der Waals surface area (Å²) in [6, 6.07) is 17.6. The molecule has 2 unspecified atom stereocenters. The van der Waals surface area contributed by atoms with E-state index in [4.69, 9.17) is 23.7 Å². The van der Waals surface area contributed by atoms with Gasteiger partial charge in [-0.25, -0.2) is 4.39 Å². The Bertz CT molecular complexity index is 1040. The summed E-state index contributed by atoms with van der Waals surface area (Å²) in [6.07, 6.45) is -0.399. The minimum atomic E-state index is -0.487. The molecule has 8 heteroatoms. The number of ether oxygens (including phenoxy) is 5. The largest absolute Gasteiger partial charge is 0.508 e. The summed E-state index contributed by atoms with van der Waals surface area (Å²) in [7, 11) is 3.04. The molecule has 3 aromatic carbocycles. The summed E-state index contributed by atoms with van der Waals surface area (Å²) in [5.74, 6) is 0.886. The molecule has 0 saturated heterocycles. The molecule has 0 bridgehead atoms. The molecule has 0 saturated carbocycles. The van der Waals surface area contributed by atoms with E-state index in [9.17, 15) is 5.11 Å². The van der Waals surface area contributed by atoms with E-state index in [-0.39, 0.29) is 30.3 Å². The van der Waals surface area contributed by atoms with Gasteiger partial charge in [-0.15, -0.1) is 11.8 Å². The van der Waals surface area contributed by atoms with Gasteiger partial charge in [0.25, 0.3) is 0 Å². The molecule has 0 amide bonds. The van der Waals surface area contributed by atoms with Crippen molar-refractivity contribution >= 4 is 11.8 Å². The highest BCUT2D eigenvalue weighted by Crippen LogP contribution is 2.55. The van der Waals surface area contributed by atoms with Gasteiger partial charge in [-0.1, -0.05) is 24.3 Å². The average molecular weight is 459 g/mol. The number of fused-ring (bicyclic) bond motifs is 1. The summed E-state index contributed by atoms with van der Waals surface area (Å²) in [4.78, 5) is 0.373. The lowest BCUT2D eigenvalue weighted by Gasteiger charge is -2.34. The lowest BCUT2D eigenvalue weighted by atomic mass is 10.00. The number of thioether (sulfide) groups is 1. The molecule has 0 fully saturated rings. The van der Waals surface area contributed by atoms with Gasteiger partial charge in [0.05, 0.1) is 10.1 Å². The fraction of sp³-hybridized carbons (Fsp3) is 0.250. The summed E-state index contributed by atoms with van der Waals surface area (Å²) in [6.45, 7) is 0.101. The maximum Gasteiger partial charge on any atom is 0.188 e. The van der Waals surface area contributed by atoms with Crippen LogP contribution >= 0.6 is 11.8 Å². The molecule has 4 rings (SSSR count). The normalized spacial score (nSPS) is 17.3. The molecule has 3 aromatic rings. The second-order valence-corrected chi connectivity index (χ2v) is 8.20. The van der Waals surface area contributed by atoms with Crippen molar-refractivity contribution in [1.29, 1.82) is 0 Å². The predicted octanol–water partition coefficient (Wildman–Crippen LogP) is 5.46. The highest BCUT2D eigenvalue weighted by atomic mass is 32.2. The zero-order chi connectivity index (χ0) is 22.5. The van der Waals surface area contributed by atoms with Crippen LogP contribution in [-0.4, -0.2) is 32.9 Å². The third-order valence-electron chi connectivity index (χ3n) is 4.91. The number of halogens is 1. The minimum absolute atomic E-state index is 0.0519. The summed E-state index contributed by atoms with van der Waals surface area (Å²) in [5, 5.41) is 9.44. The van der Waals surface area contributed by atoms with Gasteiger partial charge in [0.15, 0.2) is 25.2 Å². The fourth-order valence-electron chi connectivity index (χ4n) is 3.37. The van der Waals surface area contributed by atoms with Gasteiger partial charge in [0.1, 0.15) is 23.4 Å². The maximum absolute atomic E-state index is 15.2. The lowest BCUT2D eigenvalue weighted by Crippen LogP contribution is -2.20. The van der Waals surface area contributed by atoms with E-state index < -0.39 is 11.9 Å². The van der Waals surface area contributed by atoms with Crippen molar-refractivity contribution in [1.82, 2.24) is 0 Å². The predicted molar refractivity (Wildman–Crippen MR) is 118 cm³/mol. The summed E-state index contributed by atoms with van der Waals surface area (Å²) < 4.78 is 42.1. The topological polar surface area (TPSA) is 66.4 Å². The zero-order valence-corrected chi connectivity index (χ0v) is 18.4. The van der Waals surface area contributed by atoms with E-state index in [0.29, 0.717) is 16.4 Å². The molecule has 6 nitrogen and oxygen atoms in total.